The van der Waals surface area contributed by atoms with Crippen molar-refractivity contribution in [3.63, 3.8) is 0 Å². The van der Waals surface area contributed by atoms with E-state index in [1.807, 2.05) is 24.3 Å². The molecule has 0 aliphatic carbocycles. The number of hydrogen-bond donors (Lipinski definition) is 5. The first-order chi connectivity index (χ1) is 15.2. The maximum absolute atomic E-state index is 12.1. The zero-order chi connectivity index (χ0) is 25.7. The van der Waals surface area contributed by atoms with Crippen molar-refractivity contribution in [3.8, 4) is 0 Å². The number of aliphatic carboxylic acids is 1. The molecular weight excluding hydrogens is 484 g/mol. The third-order valence-electron chi connectivity index (χ3n) is 4.40. The van der Waals surface area contributed by atoms with Crippen LogP contribution in [-0.2, 0) is 32.3 Å². The van der Waals surface area contributed by atoms with Crippen LogP contribution in [0, 0.1) is 0 Å². The van der Waals surface area contributed by atoms with Crippen molar-refractivity contribution in [1.82, 2.24) is 0 Å². The normalized spacial score (nSPS) is 13.5. The molecule has 2 atom stereocenters. The first-order valence-electron chi connectivity index (χ1n) is 10.4. The molecule has 6 N–H and O–H groups in total. The lowest BCUT2D eigenvalue weighted by molar-refractivity contribution is -0.192. The summed E-state index contributed by atoms with van der Waals surface area (Å²) in [7, 11) is 0. The molecule has 1 aromatic carbocycles. The van der Waals surface area contributed by atoms with E-state index < -0.39 is 36.9 Å². The minimum Gasteiger partial charge on any atom is -0.475 e. The van der Waals surface area contributed by atoms with Crippen molar-refractivity contribution in [1.29, 1.82) is 0 Å². The first-order valence-corrected chi connectivity index (χ1v) is 13.0. The van der Waals surface area contributed by atoms with Gasteiger partial charge in [0.1, 0.15) is 6.04 Å². The number of nitrogens with two attached hydrogens (primary N) is 1. The summed E-state index contributed by atoms with van der Waals surface area (Å²) < 4.78 is 36.5. The maximum Gasteiger partial charge on any atom is 0.490 e. The van der Waals surface area contributed by atoms with Crippen LogP contribution in [0.25, 0.3) is 0 Å². The lowest BCUT2D eigenvalue weighted by Crippen LogP contribution is -2.44. The smallest absolute Gasteiger partial charge is 0.475 e. The van der Waals surface area contributed by atoms with E-state index >= 15 is 0 Å². The number of nitrogens with one attached hydrogen (secondary N) is 1. The number of carbonyl (C=O) groups is 2. The number of alkyl halides is 3. The van der Waals surface area contributed by atoms with Gasteiger partial charge in [-0.2, -0.15) is 13.2 Å². The van der Waals surface area contributed by atoms with Crippen molar-refractivity contribution in [2.24, 2.45) is 5.73 Å². The summed E-state index contributed by atoms with van der Waals surface area (Å²) in [5.41, 5.74) is 7.65. The molecule has 1 aromatic rings. The highest BCUT2D eigenvalue weighted by molar-refractivity contribution is 8.06. The standard InChI is InChI=1S/C18H31N2O4PS.C2HF3O2/c1-3-4-5-6-7-8-9-15-10-12-16(13-11-15)20-18(21)17(19)14(2)24-25(22,23)26;3-2(4,5)1(6)7/h10-14,17H,3-9,19H2,1-2H3,(H,20,21)(H2,22,23,26);(H,6,7)/t14-,17+;/m1./s1. The van der Waals surface area contributed by atoms with Crippen molar-refractivity contribution < 1.29 is 42.2 Å². The summed E-state index contributed by atoms with van der Waals surface area (Å²) >= 11 is 4.39. The first kappa shape index (κ1) is 31.4. The van der Waals surface area contributed by atoms with Gasteiger partial charge in [-0.15, -0.1) is 0 Å². The summed E-state index contributed by atoms with van der Waals surface area (Å²) in [5, 5.41) is 9.82. The Bertz CT molecular complexity index is 774. The van der Waals surface area contributed by atoms with Crippen LogP contribution in [0.3, 0.4) is 0 Å². The van der Waals surface area contributed by atoms with Crippen molar-refractivity contribution in [3.05, 3.63) is 29.8 Å². The fourth-order valence-corrected chi connectivity index (χ4v) is 3.56. The molecule has 0 heterocycles. The van der Waals surface area contributed by atoms with Crippen molar-refractivity contribution >= 4 is 36.1 Å². The third kappa shape index (κ3) is 15.8. The zero-order valence-electron chi connectivity index (χ0n) is 18.5. The van der Waals surface area contributed by atoms with E-state index in [0.29, 0.717) is 5.69 Å². The quantitative estimate of drug-likeness (QED) is 0.206. The predicted molar refractivity (Wildman–Crippen MR) is 123 cm³/mol. The van der Waals surface area contributed by atoms with E-state index in [4.69, 9.17) is 29.9 Å². The fourth-order valence-electron chi connectivity index (χ4n) is 2.59. The van der Waals surface area contributed by atoms with Gasteiger partial charge in [-0.25, -0.2) is 4.79 Å². The van der Waals surface area contributed by atoms with Gasteiger partial charge in [0.15, 0.2) is 0 Å². The fraction of sp³-hybridized carbons (Fsp3) is 0.600. The van der Waals surface area contributed by atoms with Crippen LogP contribution in [0.5, 0.6) is 0 Å². The van der Waals surface area contributed by atoms with E-state index in [2.05, 4.69) is 24.0 Å². The van der Waals surface area contributed by atoms with Crippen LogP contribution in [0.1, 0.15) is 57.9 Å². The topological polar surface area (TPSA) is 142 Å². The average Bonchev–Trinajstić information content (AvgIpc) is 2.69. The lowest BCUT2D eigenvalue weighted by atomic mass is 10.0. The van der Waals surface area contributed by atoms with Crippen molar-refractivity contribution in [2.45, 2.75) is 77.1 Å². The number of unbranched alkanes of at least 4 members (excludes halogenated alkanes) is 5. The van der Waals surface area contributed by atoms with Gasteiger partial charge < -0.3 is 30.5 Å². The molecule has 190 valence electrons. The monoisotopic (exact) mass is 516 g/mol. The summed E-state index contributed by atoms with van der Waals surface area (Å²) in [5.74, 6) is -3.22. The molecule has 0 saturated carbocycles. The summed E-state index contributed by atoms with van der Waals surface area (Å²) in [6.07, 6.45) is 2.63. The Morgan fingerprint density at radius 2 is 1.61 bits per heavy atom. The van der Waals surface area contributed by atoms with Gasteiger partial charge in [0.25, 0.3) is 0 Å². The van der Waals surface area contributed by atoms with Gasteiger partial charge in [0, 0.05) is 5.69 Å². The zero-order valence-corrected chi connectivity index (χ0v) is 20.3. The predicted octanol–water partition coefficient (Wildman–Crippen LogP) is 4.10. The van der Waals surface area contributed by atoms with Gasteiger partial charge in [-0.3, -0.25) is 4.79 Å². The van der Waals surface area contributed by atoms with Gasteiger partial charge in [0.2, 0.25) is 5.91 Å². The number of carbonyl (C=O) groups excluding carboxylic acids is 1. The maximum atomic E-state index is 12.1. The van der Waals surface area contributed by atoms with Gasteiger partial charge in [-0.1, -0.05) is 51.2 Å². The largest absolute Gasteiger partial charge is 0.490 e. The number of carboxylic acid groups (broad SMARTS) is 1. The molecule has 0 aliphatic rings. The van der Waals surface area contributed by atoms with Crippen LogP contribution < -0.4 is 11.1 Å². The molecule has 33 heavy (non-hydrogen) atoms. The Labute approximate surface area is 196 Å². The minimum atomic E-state index is -5.08. The highest BCUT2D eigenvalue weighted by Gasteiger charge is 2.38. The molecule has 0 bridgehead atoms. The summed E-state index contributed by atoms with van der Waals surface area (Å²) in [4.78, 5) is 39.3. The van der Waals surface area contributed by atoms with E-state index in [0.717, 1.165) is 6.42 Å². The van der Waals surface area contributed by atoms with Crippen LogP contribution >= 0.6 is 6.72 Å². The second-order valence-electron chi connectivity index (χ2n) is 7.33. The number of aryl methyl sites for hydroxylation is 1. The highest BCUT2D eigenvalue weighted by atomic mass is 32.5. The summed E-state index contributed by atoms with van der Waals surface area (Å²) in [6.45, 7) is -0.162. The number of halogens is 3. The van der Waals surface area contributed by atoms with E-state index in [9.17, 15) is 18.0 Å². The van der Waals surface area contributed by atoms with Crippen LogP contribution in [-0.4, -0.2) is 45.1 Å². The third-order valence-corrected chi connectivity index (χ3v) is 5.26. The summed E-state index contributed by atoms with van der Waals surface area (Å²) in [6, 6.07) is 6.61. The van der Waals surface area contributed by atoms with Crippen LogP contribution in [0.15, 0.2) is 24.3 Å². The Morgan fingerprint density at radius 1 is 1.12 bits per heavy atom. The molecule has 13 heteroatoms. The number of hydrogen-bond acceptors (Lipinski definition) is 5. The molecule has 1 amide bonds. The molecule has 0 radical (unpaired) electrons. The molecule has 0 aromatic heterocycles. The van der Waals surface area contributed by atoms with E-state index in [1.165, 1.54) is 51.0 Å². The molecule has 0 fully saturated rings. The Balaban J connectivity index is 0.00000126. The number of rotatable bonds is 12. The van der Waals surface area contributed by atoms with Gasteiger partial charge in [-0.05, 0) is 49.3 Å². The second-order valence-corrected chi connectivity index (χ2v) is 9.95. The number of amides is 1. The highest BCUT2D eigenvalue weighted by Crippen LogP contribution is 2.38. The minimum absolute atomic E-state index is 0.468. The number of carboxylic acids is 1. The van der Waals surface area contributed by atoms with E-state index in [-0.39, 0.29) is 0 Å². The van der Waals surface area contributed by atoms with Crippen molar-refractivity contribution in [2.75, 3.05) is 5.32 Å². The lowest BCUT2D eigenvalue weighted by Gasteiger charge is -2.21. The Morgan fingerprint density at radius 3 is 2.06 bits per heavy atom. The number of benzene rings is 1. The van der Waals surface area contributed by atoms with Gasteiger partial charge in [0.05, 0.1) is 6.10 Å². The Kier molecular flexibility index (Phi) is 14.6. The van der Waals surface area contributed by atoms with Crippen LogP contribution in [0.4, 0.5) is 18.9 Å². The second kappa shape index (κ2) is 15.4. The number of anilines is 1. The molecule has 8 nitrogen and oxygen atoms in total. The molecule has 0 aliphatic heterocycles. The molecular formula is C20H32F3N2O6PS. The van der Waals surface area contributed by atoms with Crippen LogP contribution in [0.2, 0.25) is 0 Å². The average molecular weight is 517 g/mol. The van der Waals surface area contributed by atoms with E-state index in [1.54, 1.807) is 0 Å². The molecule has 0 saturated heterocycles. The molecule has 1 rings (SSSR count). The SMILES string of the molecule is CCCCCCCCc1ccc(NC(=O)[C@@H](N)[C@@H](C)OP(O)(O)=S)cc1.O=C(O)C(F)(F)F. The molecule has 0 spiro atoms. The molecule has 0 unspecified atom stereocenters. The Hall–Kier alpha value is -1.56. The van der Waals surface area contributed by atoms with Gasteiger partial charge >= 0.3 is 18.9 Å².